The summed E-state index contributed by atoms with van der Waals surface area (Å²) in [6.45, 7) is 3.60. The van der Waals surface area contributed by atoms with Gasteiger partial charge in [-0.1, -0.05) is 38.4 Å². The first-order valence-electron chi connectivity index (χ1n) is 5.57. The van der Waals surface area contributed by atoms with Gasteiger partial charge in [0.15, 0.2) is 0 Å². The highest BCUT2D eigenvalue weighted by Gasteiger charge is 2.14. The summed E-state index contributed by atoms with van der Waals surface area (Å²) in [4.78, 5) is 0.564. The molecular formula is C11H21NOS. The summed E-state index contributed by atoms with van der Waals surface area (Å²) >= 11 is 4.89. The van der Waals surface area contributed by atoms with Crippen molar-refractivity contribution in [2.45, 2.75) is 39.0 Å². The molecule has 1 unspecified atom stereocenters. The lowest BCUT2D eigenvalue weighted by Gasteiger charge is -2.22. The van der Waals surface area contributed by atoms with Gasteiger partial charge < -0.3 is 10.5 Å². The maximum atomic E-state index is 5.63. The molecule has 0 spiro atoms. The Kier molecular flexibility index (Phi) is 5.41. The molecule has 14 heavy (non-hydrogen) atoms. The number of nitrogens with two attached hydrogens (primary N) is 1. The van der Waals surface area contributed by atoms with Crippen molar-refractivity contribution in [2.75, 3.05) is 13.2 Å². The molecule has 0 heterocycles. The van der Waals surface area contributed by atoms with Crippen molar-refractivity contribution in [1.29, 1.82) is 0 Å². The summed E-state index contributed by atoms with van der Waals surface area (Å²) < 4.78 is 5.63. The number of hydrogen-bond donors (Lipinski definition) is 1. The van der Waals surface area contributed by atoms with Crippen molar-refractivity contribution in [3.8, 4) is 0 Å². The average molecular weight is 215 g/mol. The highest BCUT2D eigenvalue weighted by Crippen LogP contribution is 2.23. The molecule has 1 saturated carbocycles. The van der Waals surface area contributed by atoms with Gasteiger partial charge in [-0.25, -0.2) is 0 Å². The molecule has 0 aromatic carbocycles. The summed E-state index contributed by atoms with van der Waals surface area (Å²) in [7, 11) is 0. The second-order valence-corrected chi connectivity index (χ2v) is 4.82. The summed E-state index contributed by atoms with van der Waals surface area (Å²) in [5.74, 6) is 0.996. The molecule has 0 aliphatic heterocycles. The van der Waals surface area contributed by atoms with Gasteiger partial charge in [0.05, 0.1) is 11.6 Å². The van der Waals surface area contributed by atoms with E-state index in [1.54, 1.807) is 0 Å². The third kappa shape index (κ3) is 4.38. The van der Waals surface area contributed by atoms with Crippen LogP contribution in [-0.2, 0) is 4.74 Å². The van der Waals surface area contributed by atoms with E-state index in [1.165, 1.54) is 32.1 Å². The Morgan fingerprint density at radius 2 is 2.07 bits per heavy atom. The van der Waals surface area contributed by atoms with E-state index in [1.807, 2.05) is 6.92 Å². The first-order valence-corrected chi connectivity index (χ1v) is 5.98. The van der Waals surface area contributed by atoms with E-state index >= 15 is 0 Å². The largest absolute Gasteiger partial charge is 0.393 e. The van der Waals surface area contributed by atoms with Gasteiger partial charge in [0.1, 0.15) is 0 Å². The van der Waals surface area contributed by atoms with Crippen molar-refractivity contribution < 1.29 is 4.74 Å². The molecule has 2 nitrogen and oxygen atoms in total. The van der Waals surface area contributed by atoms with Gasteiger partial charge >= 0.3 is 0 Å². The van der Waals surface area contributed by atoms with E-state index in [2.05, 4.69) is 0 Å². The number of hydrogen-bond acceptors (Lipinski definition) is 2. The highest BCUT2D eigenvalue weighted by molar-refractivity contribution is 7.80. The lowest BCUT2D eigenvalue weighted by atomic mass is 9.90. The fourth-order valence-corrected chi connectivity index (χ4v) is 1.92. The quantitative estimate of drug-likeness (QED) is 0.716. The molecule has 1 aliphatic rings. The minimum atomic E-state index is 0.216. The Labute approximate surface area is 92.2 Å². The standard InChI is InChI=1S/C11H21NOS/c1-9(11(12)14)7-13-8-10-5-3-2-4-6-10/h9-10H,2-8H2,1H3,(H2,12,14). The minimum absolute atomic E-state index is 0.216. The number of rotatable bonds is 5. The topological polar surface area (TPSA) is 35.2 Å². The van der Waals surface area contributed by atoms with Crippen LogP contribution in [0.3, 0.4) is 0 Å². The predicted octanol–water partition coefficient (Wildman–Crippen LogP) is 2.51. The number of ether oxygens (including phenoxy) is 1. The zero-order valence-electron chi connectivity index (χ0n) is 9.00. The van der Waals surface area contributed by atoms with Crippen LogP contribution in [0.15, 0.2) is 0 Å². The van der Waals surface area contributed by atoms with E-state index in [4.69, 9.17) is 22.7 Å². The first-order chi connectivity index (χ1) is 6.70. The van der Waals surface area contributed by atoms with Crippen LogP contribution < -0.4 is 5.73 Å². The molecule has 0 aromatic heterocycles. The normalized spacial score (nSPS) is 20.6. The van der Waals surface area contributed by atoms with Crippen LogP contribution in [0.2, 0.25) is 0 Å². The average Bonchev–Trinajstić information content (AvgIpc) is 2.19. The van der Waals surface area contributed by atoms with Gasteiger partial charge in [-0.3, -0.25) is 0 Å². The molecule has 82 valence electrons. The fraction of sp³-hybridized carbons (Fsp3) is 0.909. The Bertz CT molecular complexity index is 178. The van der Waals surface area contributed by atoms with Crippen molar-refractivity contribution in [3.05, 3.63) is 0 Å². The van der Waals surface area contributed by atoms with E-state index in [0.29, 0.717) is 11.6 Å². The zero-order valence-corrected chi connectivity index (χ0v) is 9.81. The van der Waals surface area contributed by atoms with E-state index in [0.717, 1.165) is 12.5 Å². The molecule has 1 rings (SSSR count). The van der Waals surface area contributed by atoms with Gasteiger partial charge in [0.2, 0.25) is 0 Å². The van der Waals surface area contributed by atoms with Crippen LogP contribution in [-0.4, -0.2) is 18.2 Å². The summed E-state index contributed by atoms with van der Waals surface area (Å²) in [5, 5.41) is 0. The van der Waals surface area contributed by atoms with Crippen molar-refractivity contribution in [2.24, 2.45) is 17.6 Å². The second kappa shape index (κ2) is 6.36. The molecule has 1 aliphatic carbocycles. The van der Waals surface area contributed by atoms with Crippen molar-refractivity contribution in [1.82, 2.24) is 0 Å². The van der Waals surface area contributed by atoms with Crippen molar-refractivity contribution in [3.63, 3.8) is 0 Å². The lowest BCUT2D eigenvalue weighted by Crippen LogP contribution is -2.24. The smallest absolute Gasteiger partial charge is 0.0779 e. The Morgan fingerprint density at radius 3 is 2.64 bits per heavy atom. The zero-order chi connectivity index (χ0) is 10.4. The van der Waals surface area contributed by atoms with Crippen LogP contribution in [0, 0.1) is 11.8 Å². The monoisotopic (exact) mass is 215 g/mol. The third-order valence-corrected chi connectivity index (χ3v) is 3.33. The predicted molar refractivity (Wildman–Crippen MR) is 63.3 cm³/mol. The molecule has 1 fully saturated rings. The van der Waals surface area contributed by atoms with Crippen LogP contribution in [0.4, 0.5) is 0 Å². The van der Waals surface area contributed by atoms with Crippen LogP contribution >= 0.6 is 12.2 Å². The highest BCUT2D eigenvalue weighted by atomic mass is 32.1. The maximum Gasteiger partial charge on any atom is 0.0779 e. The minimum Gasteiger partial charge on any atom is -0.393 e. The summed E-state index contributed by atoms with van der Waals surface area (Å²) in [6.07, 6.45) is 6.82. The second-order valence-electron chi connectivity index (χ2n) is 4.34. The molecule has 3 heteroatoms. The molecule has 0 radical (unpaired) electrons. The molecule has 0 amide bonds. The van der Waals surface area contributed by atoms with Crippen LogP contribution in [0.1, 0.15) is 39.0 Å². The van der Waals surface area contributed by atoms with E-state index < -0.39 is 0 Å². The van der Waals surface area contributed by atoms with Crippen LogP contribution in [0.25, 0.3) is 0 Å². The van der Waals surface area contributed by atoms with Gasteiger partial charge in [0, 0.05) is 12.5 Å². The fourth-order valence-electron chi connectivity index (χ4n) is 1.85. The van der Waals surface area contributed by atoms with Crippen molar-refractivity contribution >= 4 is 17.2 Å². The number of thiocarbonyl (C=S) groups is 1. The van der Waals surface area contributed by atoms with E-state index in [-0.39, 0.29) is 5.92 Å². The Morgan fingerprint density at radius 1 is 1.43 bits per heavy atom. The van der Waals surface area contributed by atoms with Gasteiger partial charge in [-0.05, 0) is 18.8 Å². The first kappa shape index (κ1) is 11.9. The SMILES string of the molecule is CC(COCC1CCCCC1)C(N)=S. The van der Waals surface area contributed by atoms with E-state index in [9.17, 15) is 0 Å². The molecule has 1 atom stereocenters. The maximum absolute atomic E-state index is 5.63. The Hall–Kier alpha value is -0.150. The Balaban J connectivity index is 2.05. The lowest BCUT2D eigenvalue weighted by molar-refractivity contribution is 0.0760. The van der Waals surface area contributed by atoms with Crippen LogP contribution in [0.5, 0.6) is 0 Å². The molecule has 0 bridgehead atoms. The molecule has 0 aromatic rings. The van der Waals surface area contributed by atoms with Gasteiger partial charge in [-0.15, -0.1) is 0 Å². The molecule has 2 N–H and O–H groups in total. The summed E-state index contributed by atoms with van der Waals surface area (Å²) in [6, 6.07) is 0. The summed E-state index contributed by atoms with van der Waals surface area (Å²) in [5.41, 5.74) is 5.51. The van der Waals surface area contributed by atoms with Gasteiger partial charge in [0.25, 0.3) is 0 Å². The van der Waals surface area contributed by atoms with Gasteiger partial charge in [-0.2, -0.15) is 0 Å². The molecule has 0 saturated heterocycles. The molecular weight excluding hydrogens is 194 g/mol. The third-order valence-electron chi connectivity index (χ3n) is 2.93.